The summed E-state index contributed by atoms with van der Waals surface area (Å²) < 4.78 is 33.3. The van der Waals surface area contributed by atoms with Crippen molar-refractivity contribution in [3.05, 3.63) is 59.1 Å². The van der Waals surface area contributed by atoms with Crippen LogP contribution in [-0.4, -0.2) is 50.6 Å². The fraction of sp³-hybridized carbons (Fsp3) is 0.111. The Morgan fingerprint density at radius 1 is 1.10 bits per heavy atom. The number of nitrogens with zero attached hydrogens (tertiary/aromatic N) is 4. The van der Waals surface area contributed by atoms with Gasteiger partial charge in [-0.15, -0.1) is 4.40 Å². The number of hydrogen-bond acceptors (Lipinski definition) is 8. The zero-order valence-corrected chi connectivity index (χ0v) is 16.5. The number of amidine groups is 1. The van der Waals surface area contributed by atoms with Crippen LogP contribution in [0.5, 0.6) is 0 Å². The van der Waals surface area contributed by atoms with E-state index >= 15 is 0 Å². The summed E-state index contributed by atoms with van der Waals surface area (Å²) in [4.78, 5) is 29.0. The van der Waals surface area contributed by atoms with Crippen LogP contribution in [0.15, 0.2) is 62.8 Å². The second kappa shape index (κ2) is 6.98. The van der Waals surface area contributed by atoms with Crippen LogP contribution >= 0.6 is 11.6 Å². The Balaban J connectivity index is 1.79. The van der Waals surface area contributed by atoms with Crippen molar-refractivity contribution in [3.63, 3.8) is 0 Å². The van der Waals surface area contributed by atoms with Crippen LogP contribution in [0.25, 0.3) is 0 Å². The number of guanidine groups is 1. The van der Waals surface area contributed by atoms with Crippen molar-refractivity contribution in [2.75, 3.05) is 18.7 Å². The van der Waals surface area contributed by atoms with Gasteiger partial charge in [-0.25, -0.2) is 14.8 Å². The molecule has 0 saturated heterocycles. The first-order chi connectivity index (χ1) is 13.8. The number of ketones is 1. The predicted molar refractivity (Wildman–Crippen MR) is 105 cm³/mol. The van der Waals surface area contributed by atoms with Crippen LogP contribution in [0, 0.1) is 0 Å². The van der Waals surface area contributed by atoms with Crippen molar-refractivity contribution >= 4 is 50.9 Å². The molecule has 0 aromatic heterocycles. The van der Waals surface area contributed by atoms with Gasteiger partial charge in [0, 0.05) is 10.6 Å². The largest absolute Gasteiger partial charge is 0.463 e. The number of carbonyl (C=O) groups excluding carboxylic acids is 2. The fourth-order valence-electron chi connectivity index (χ4n) is 2.96. The normalized spacial score (nSPS) is 16.5. The second-order valence-corrected chi connectivity index (χ2v) is 8.07. The van der Waals surface area contributed by atoms with E-state index in [0.29, 0.717) is 10.6 Å². The van der Waals surface area contributed by atoms with Gasteiger partial charge in [0.1, 0.15) is 11.4 Å². The Hall–Kier alpha value is -3.24. The molecule has 0 spiro atoms. The van der Waals surface area contributed by atoms with Crippen molar-refractivity contribution < 1.29 is 22.7 Å². The van der Waals surface area contributed by atoms with E-state index in [1.54, 1.807) is 36.4 Å². The molecule has 2 aliphatic heterocycles. The number of sulfonamides is 1. The molecule has 0 radical (unpaired) electrons. The zero-order chi connectivity index (χ0) is 20.8. The van der Waals surface area contributed by atoms with E-state index in [-0.39, 0.29) is 34.7 Å². The fourth-order valence-corrected chi connectivity index (χ4v) is 4.18. The van der Waals surface area contributed by atoms with Crippen molar-refractivity contribution in [2.24, 2.45) is 9.39 Å². The van der Waals surface area contributed by atoms with Crippen molar-refractivity contribution in [1.29, 1.82) is 0 Å². The average molecular weight is 433 g/mol. The Labute approximate surface area is 170 Å². The zero-order valence-electron chi connectivity index (χ0n) is 14.9. The van der Waals surface area contributed by atoms with Crippen LogP contribution in [0.3, 0.4) is 0 Å². The van der Waals surface area contributed by atoms with Gasteiger partial charge in [-0.2, -0.15) is 13.4 Å². The van der Waals surface area contributed by atoms with Crippen LogP contribution in [0.1, 0.15) is 10.4 Å². The van der Waals surface area contributed by atoms with Crippen molar-refractivity contribution in [2.45, 2.75) is 4.90 Å². The van der Waals surface area contributed by atoms with Gasteiger partial charge in [0.05, 0.1) is 12.8 Å². The number of benzene rings is 2. The van der Waals surface area contributed by atoms with E-state index in [1.165, 1.54) is 22.2 Å². The van der Waals surface area contributed by atoms with Gasteiger partial charge < -0.3 is 4.74 Å². The van der Waals surface area contributed by atoms with Gasteiger partial charge in [0.15, 0.2) is 5.78 Å². The lowest BCUT2D eigenvalue weighted by Crippen LogP contribution is -2.50. The summed E-state index contributed by atoms with van der Waals surface area (Å²) in [5.74, 6) is -1.67. The number of ether oxygens (including phenoxy) is 1. The molecule has 0 unspecified atom stereocenters. The maximum atomic E-state index is 12.8. The molecule has 0 bridgehead atoms. The molecule has 29 heavy (non-hydrogen) atoms. The Morgan fingerprint density at radius 2 is 1.79 bits per heavy atom. The first-order valence-electron chi connectivity index (χ1n) is 8.29. The first kappa shape index (κ1) is 19.1. The summed E-state index contributed by atoms with van der Waals surface area (Å²) in [5.41, 5.74) is 0.589. The molecule has 2 aromatic rings. The summed E-state index contributed by atoms with van der Waals surface area (Å²) in [7, 11) is -2.84. The average Bonchev–Trinajstić information content (AvgIpc) is 3.05. The summed E-state index contributed by atoms with van der Waals surface area (Å²) in [6, 6.07) is 12.4. The molecule has 148 valence electrons. The number of fused-ring (bicyclic) bond motifs is 3. The third kappa shape index (κ3) is 3.26. The molecule has 2 heterocycles. The van der Waals surface area contributed by atoms with Crippen LogP contribution in [0.4, 0.5) is 5.69 Å². The van der Waals surface area contributed by atoms with Gasteiger partial charge in [-0.05, 0) is 36.4 Å². The molecule has 0 aliphatic carbocycles. The van der Waals surface area contributed by atoms with E-state index in [2.05, 4.69) is 9.39 Å². The highest BCUT2D eigenvalue weighted by atomic mass is 35.5. The smallest absolute Gasteiger partial charge is 0.375 e. The summed E-state index contributed by atoms with van der Waals surface area (Å²) in [6.07, 6.45) is 0. The van der Waals surface area contributed by atoms with Crippen LogP contribution < -0.4 is 5.01 Å². The number of carbonyl (C=O) groups is 2. The standard InChI is InChI=1S/C18H13ClN4O5S/c1-28-17(25)16-20-18-21-29(26,27)15-5-3-2-4-13(15)23(18)22(16)10-14(24)11-6-8-12(19)9-7-11/h2-9H,10H2,1H3. The third-order valence-corrected chi connectivity index (χ3v) is 5.84. The third-order valence-electron chi connectivity index (χ3n) is 4.28. The number of para-hydroxylation sites is 1. The van der Waals surface area contributed by atoms with Gasteiger partial charge in [-0.3, -0.25) is 4.79 Å². The number of hydrogen-bond donors (Lipinski definition) is 0. The van der Waals surface area contributed by atoms with Gasteiger partial charge in [0.25, 0.3) is 16.0 Å². The van der Waals surface area contributed by atoms with Crippen molar-refractivity contribution in [3.8, 4) is 0 Å². The van der Waals surface area contributed by atoms with Gasteiger partial charge >= 0.3 is 5.97 Å². The Morgan fingerprint density at radius 3 is 2.48 bits per heavy atom. The Bertz CT molecular complexity index is 1190. The predicted octanol–water partition coefficient (Wildman–Crippen LogP) is 1.89. The highest BCUT2D eigenvalue weighted by molar-refractivity contribution is 7.90. The Kier molecular flexibility index (Phi) is 4.59. The molecular weight excluding hydrogens is 420 g/mol. The van der Waals surface area contributed by atoms with E-state index in [0.717, 1.165) is 7.11 Å². The first-order valence-corrected chi connectivity index (χ1v) is 10.1. The molecule has 0 N–H and O–H groups in total. The van der Waals surface area contributed by atoms with E-state index < -0.39 is 16.0 Å². The number of methoxy groups -OCH3 is 1. The summed E-state index contributed by atoms with van der Waals surface area (Å²) >= 11 is 5.86. The molecule has 2 aromatic carbocycles. The number of esters is 1. The summed E-state index contributed by atoms with van der Waals surface area (Å²) in [6.45, 7) is -0.303. The topological polar surface area (TPSA) is 109 Å². The highest BCUT2D eigenvalue weighted by Gasteiger charge is 2.43. The van der Waals surface area contributed by atoms with E-state index in [1.807, 2.05) is 0 Å². The number of Topliss-reactive ketones (excluding diaryl/α,β-unsaturated/α-hetero) is 1. The number of anilines is 1. The lowest BCUT2D eigenvalue weighted by molar-refractivity contribution is -0.133. The summed E-state index contributed by atoms with van der Waals surface area (Å²) in [5, 5.41) is 3.04. The maximum Gasteiger partial charge on any atom is 0.375 e. The minimum absolute atomic E-state index is 0.0611. The van der Waals surface area contributed by atoms with Gasteiger partial charge in [-0.1, -0.05) is 23.7 Å². The molecule has 9 nitrogen and oxygen atoms in total. The second-order valence-electron chi connectivity index (χ2n) is 6.06. The van der Waals surface area contributed by atoms with Crippen molar-refractivity contribution in [1.82, 2.24) is 5.01 Å². The number of hydrazine groups is 1. The molecule has 11 heteroatoms. The highest BCUT2D eigenvalue weighted by Crippen LogP contribution is 2.35. The van der Waals surface area contributed by atoms with Crippen LogP contribution in [0.2, 0.25) is 5.02 Å². The lowest BCUT2D eigenvalue weighted by Gasteiger charge is -2.32. The van der Waals surface area contributed by atoms with Crippen LogP contribution in [-0.2, 0) is 19.6 Å². The number of rotatable bonds is 4. The SMILES string of the molecule is COC(=O)C1=NC2=NS(=O)(=O)c3ccccc3N2N1CC(=O)c1ccc(Cl)cc1. The van der Waals surface area contributed by atoms with Gasteiger partial charge in [0.2, 0.25) is 5.84 Å². The quantitative estimate of drug-likeness (QED) is 0.536. The molecule has 0 saturated carbocycles. The molecule has 2 aliphatic rings. The molecule has 0 fully saturated rings. The lowest BCUT2D eigenvalue weighted by atomic mass is 10.1. The number of halogens is 1. The maximum absolute atomic E-state index is 12.8. The molecular formula is C18H13ClN4O5S. The minimum atomic E-state index is -4.00. The molecule has 4 rings (SSSR count). The minimum Gasteiger partial charge on any atom is -0.463 e. The van der Waals surface area contributed by atoms with E-state index in [9.17, 15) is 18.0 Å². The monoisotopic (exact) mass is 432 g/mol. The van der Waals surface area contributed by atoms with E-state index in [4.69, 9.17) is 16.3 Å². The molecule has 0 atom stereocenters. The number of aliphatic imine (C=N–C) groups is 1. The molecule has 0 amide bonds.